The van der Waals surface area contributed by atoms with Gasteiger partial charge in [-0.2, -0.15) is 0 Å². The standard InChI is InChI=1S/C9H7ClFN3O/c10-7-2-1-3-8(9(7)11)14-4-6(5-15)12-13-14/h1-4,15H,5H2. The molecule has 1 aromatic carbocycles. The molecule has 2 rings (SSSR count). The van der Waals surface area contributed by atoms with Gasteiger partial charge in [0.2, 0.25) is 0 Å². The summed E-state index contributed by atoms with van der Waals surface area (Å²) in [6.45, 7) is -0.234. The number of rotatable bonds is 2. The van der Waals surface area contributed by atoms with Crippen LogP contribution in [0.15, 0.2) is 24.4 Å². The number of hydrogen-bond donors (Lipinski definition) is 1. The first kappa shape index (κ1) is 10.1. The molecule has 0 unspecified atom stereocenters. The number of aromatic nitrogens is 3. The number of halogens is 2. The molecule has 0 saturated carbocycles. The number of aliphatic hydroxyl groups excluding tert-OH is 1. The van der Waals surface area contributed by atoms with Gasteiger partial charge in [-0.15, -0.1) is 5.10 Å². The smallest absolute Gasteiger partial charge is 0.167 e. The molecule has 0 aliphatic heterocycles. The van der Waals surface area contributed by atoms with E-state index >= 15 is 0 Å². The summed E-state index contributed by atoms with van der Waals surface area (Å²) in [5.41, 5.74) is 0.573. The molecule has 4 nitrogen and oxygen atoms in total. The molecule has 1 N–H and O–H groups in total. The van der Waals surface area contributed by atoms with Crippen molar-refractivity contribution in [2.24, 2.45) is 0 Å². The third-order valence-electron chi connectivity index (χ3n) is 1.88. The second-order valence-corrected chi connectivity index (χ2v) is 3.29. The molecule has 0 saturated heterocycles. The molecular formula is C9H7ClFN3O. The van der Waals surface area contributed by atoms with E-state index in [9.17, 15) is 4.39 Å². The molecule has 1 aromatic heterocycles. The van der Waals surface area contributed by atoms with Gasteiger partial charge in [-0.1, -0.05) is 22.9 Å². The first-order valence-corrected chi connectivity index (χ1v) is 4.56. The Labute approximate surface area is 89.9 Å². The molecule has 0 atom stereocenters. The summed E-state index contributed by atoms with van der Waals surface area (Å²) in [6, 6.07) is 4.59. The Kier molecular flexibility index (Phi) is 2.66. The zero-order valence-electron chi connectivity index (χ0n) is 7.56. The zero-order valence-corrected chi connectivity index (χ0v) is 8.32. The molecule has 0 spiro atoms. The van der Waals surface area contributed by atoms with Gasteiger partial charge in [0.15, 0.2) is 5.82 Å². The molecule has 0 radical (unpaired) electrons. The van der Waals surface area contributed by atoms with Crippen LogP contribution in [-0.4, -0.2) is 20.1 Å². The molecule has 2 aromatic rings. The molecule has 0 aliphatic carbocycles. The molecule has 0 bridgehead atoms. The maximum Gasteiger partial charge on any atom is 0.167 e. The van der Waals surface area contributed by atoms with Crippen LogP contribution in [0, 0.1) is 5.82 Å². The molecule has 6 heteroatoms. The van der Waals surface area contributed by atoms with E-state index in [-0.39, 0.29) is 17.3 Å². The average molecular weight is 228 g/mol. The van der Waals surface area contributed by atoms with Crippen LogP contribution in [0.2, 0.25) is 5.02 Å². The van der Waals surface area contributed by atoms with Crippen molar-refractivity contribution in [1.29, 1.82) is 0 Å². The highest BCUT2D eigenvalue weighted by molar-refractivity contribution is 6.30. The molecular weight excluding hydrogens is 221 g/mol. The van der Waals surface area contributed by atoms with Crippen molar-refractivity contribution < 1.29 is 9.50 Å². The Morgan fingerprint density at radius 2 is 2.27 bits per heavy atom. The van der Waals surface area contributed by atoms with Gasteiger partial charge < -0.3 is 5.11 Å². The summed E-state index contributed by atoms with van der Waals surface area (Å²) in [6.07, 6.45) is 1.44. The van der Waals surface area contributed by atoms with Gasteiger partial charge in [0.25, 0.3) is 0 Å². The summed E-state index contributed by atoms with van der Waals surface area (Å²) >= 11 is 5.62. The van der Waals surface area contributed by atoms with Crippen molar-refractivity contribution in [2.45, 2.75) is 6.61 Å². The van der Waals surface area contributed by atoms with E-state index in [0.717, 1.165) is 0 Å². The predicted octanol–water partition coefficient (Wildman–Crippen LogP) is 1.55. The van der Waals surface area contributed by atoms with Crippen molar-refractivity contribution in [3.63, 3.8) is 0 Å². The van der Waals surface area contributed by atoms with Crippen LogP contribution >= 0.6 is 11.6 Å². The highest BCUT2D eigenvalue weighted by atomic mass is 35.5. The van der Waals surface area contributed by atoms with E-state index in [1.165, 1.54) is 23.0 Å². The fourth-order valence-electron chi connectivity index (χ4n) is 1.16. The number of nitrogens with zero attached hydrogens (tertiary/aromatic N) is 3. The fourth-order valence-corrected chi connectivity index (χ4v) is 1.33. The minimum absolute atomic E-state index is 0.0218. The van der Waals surface area contributed by atoms with Crippen molar-refractivity contribution >= 4 is 11.6 Å². The summed E-state index contributed by atoms with van der Waals surface area (Å²) in [5, 5.41) is 16.1. The van der Waals surface area contributed by atoms with Crippen molar-refractivity contribution in [3.05, 3.63) is 40.9 Å². The number of hydrogen-bond acceptors (Lipinski definition) is 3. The normalized spacial score (nSPS) is 10.6. The summed E-state index contributed by atoms with van der Waals surface area (Å²) in [4.78, 5) is 0. The Hall–Kier alpha value is -1.46. The lowest BCUT2D eigenvalue weighted by Gasteiger charge is -2.02. The molecule has 0 fully saturated rings. The van der Waals surface area contributed by atoms with Crippen LogP contribution in [0.3, 0.4) is 0 Å². The van der Waals surface area contributed by atoms with E-state index in [1.54, 1.807) is 6.07 Å². The maximum absolute atomic E-state index is 13.5. The summed E-state index contributed by atoms with van der Waals surface area (Å²) < 4.78 is 14.7. The van der Waals surface area contributed by atoms with Crippen LogP contribution in [0.1, 0.15) is 5.69 Å². The average Bonchev–Trinajstić information content (AvgIpc) is 2.70. The van der Waals surface area contributed by atoms with Gasteiger partial charge in [-0.25, -0.2) is 9.07 Å². The summed E-state index contributed by atoms with van der Waals surface area (Å²) in [5.74, 6) is -0.562. The van der Waals surface area contributed by atoms with Crippen molar-refractivity contribution in [3.8, 4) is 5.69 Å². The van der Waals surface area contributed by atoms with Gasteiger partial charge in [-0.3, -0.25) is 0 Å². The van der Waals surface area contributed by atoms with Crippen LogP contribution in [-0.2, 0) is 6.61 Å². The first-order valence-electron chi connectivity index (χ1n) is 4.19. The third kappa shape index (κ3) is 1.84. The van der Waals surface area contributed by atoms with Crippen LogP contribution in [0.5, 0.6) is 0 Å². The van der Waals surface area contributed by atoms with Crippen LogP contribution in [0.4, 0.5) is 4.39 Å². The van der Waals surface area contributed by atoms with Gasteiger partial charge in [0.05, 0.1) is 17.8 Å². The van der Waals surface area contributed by atoms with E-state index in [1.807, 2.05) is 0 Å². The molecule has 15 heavy (non-hydrogen) atoms. The largest absolute Gasteiger partial charge is 0.390 e. The second-order valence-electron chi connectivity index (χ2n) is 2.89. The first-order chi connectivity index (χ1) is 7.22. The van der Waals surface area contributed by atoms with E-state index < -0.39 is 5.82 Å². The van der Waals surface area contributed by atoms with Crippen molar-refractivity contribution in [2.75, 3.05) is 0 Å². The molecule has 78 valence electrons. The lowest BCUT2D eigenvalue weighted by molar-refractivity contribution is 0.276. The minimum atomic E-state index is -0.562. The topological polar surface area (TPSA) is 50.9 Å². The Balaban J connectivity index is 2.49. The van der Waals surface area contributed by atoms with Crippen LogP contribution in [0.25, 0.3) is 5.69 Å². The van der Waals surface area contributed by atoms with E-state index in [4.69, 9.17) is 16.7 Å². The lowest BCUT2D eigenvalue weighted by atomic mass is 10.3. The van der Waals surface area contributed by atoms with Gasteiger partial charge in [-0.05, 0) is 12.1 Å². The Morgan fingerprint density at radius 1 is 1.47 bits per heavy atom. The monoisotopic (exact) mass is 227 g/mol. The van der Waals surface area contributed by atoms with Gasteiger partial charge in [0.1, 0.15) is 11.4 Å². The van der Waals surface area contributed by atoms with Crippen molar-refractivity contribution in [1.82, 2.24) is 15.0 Å². The third-order valence-corrected chi connectivity index (χ3v) is 2.17. The SMILES string of the molecule is OCc1cn(-c2cccc(Cl)c2F)nn1. The van der Waals surface area contributed by atoms with Gasteiger partial charge in [0, 0.05) is 0 Å². The quantitative estimate of drug-likeness (QED) is 0.847. The fraction of sp³-hybridized carbons (Fsp3) is 0.111. The Bertz CT molecular complexity index is 486. The highest BCUT2D eigenvalue weighted by Crippen LogP contribution is 2.20. The zero-order chi connectivity index (χ0) is 10.8. The second kappa shape index (κ2) is 3.96. The van der Waals surface area contributed by atoms with E-state index in [0.29, 0.717) is 5.69 Å². The Morgan fingerprint density at radius 3 is 2.93 bits per heavy atom. The lowest BCUT2D eigenvalue weighted by Crippen LogP contribution is -1.98. The van der Waals surface area contributed by atoms with Gasteiger partial charge >= 0.3 is 0 Å². The highest BCUT2D eigenvalue weighted by Gasteiger charge is 2.09. The molecule has 0 aliphatic rings. The van der Waals surface area contributed by atoms with Crippen LogP contribution < -0.4 is 0 Å². The number of benzene rings is 1. The minimum Gasteiger partial charge on any atom is -0.390 e. The molecule has 1 heterocycles. The maximum atomic E-state index is 13.5. The molecule has 0 amide bonds. The number of aliphatic hydroxyl groups is 1. The predicted molar refractivity (Wildman–Crippen MR) is 52.2 cm³/mol. The van der Waals surface area contributed by atoms with E-state index in [2.05, 4.69) is 10.3 Å². The summed E-state index contributed by atoms with van der Waals surface area (Å²) in [7, 11) is 0.